The van der Waals surface area contributed by atoms with E-state index in [2.05, 4.69) is 30.7 Å². The zero-order valence-corrected chi connectivity index (χ0v) is 14.3. The number of hydrogen-bond donors (Lipinski definition) is 0. The molecule has 0 spiro atoms. The molecule has 2 rings (SSSR count). The predicted octanol–water partition coefficient (Wildman–Crippen LogP) is 3.05. The fourth-order valence-electron chi connectivity index (χ4n) is 3.62. The van der Waals surface area contributed by atoms with E-state index in [1.165, 1.54) is 38.6 Å². The van der Waals surface area contributed by atoms with Crippen LogP contribution in [0.3, 0.4) is 0 Å². The quantitative estimate of drug-likeness (QED) is 0.723. The summed E-state index contributed by atoms with van der Waals surface area (Å²) in [5, 5.41) is 0. The van der Waals surface area contributed by atoms with Gasteiger partial charge in [-0.1, -0.05) is 19.3 Å². The molecule has 1 aliphatic heterocycles. The maximum absolute atomic E-state index is 6.12. The van der Waals surface area contributed by atoms with Gasteiger partial charge in [-0.2, -0.15) is 0 Å². The van der Waals surface area contributed by atoms with E-state index in [9.17, 15) is 0 Å². The lowest BCUT2D eigenvalue weighted by atomic mass is 9.82. The molecule has 20 heavy (non-hydrogen) atoms. The first-order valence-corrected chi connectivity index (χ1v) is 8.76. The van der Waals surface area contributed by atoms with Crippen molar-refractivity contribution in [2.75, 3.05) is 39.8 Å². The van der Waals surface area contributed by atoms with Gasteiger partial charge in [0.2, 0.25) is 0 Å². The van der Waals surface area contributed by atoms with Gasteiger partial charge in [0.15, 0.2) is 0 Å². The molecule has 0 aromatic heterocycles. The highest BCUT2D eigenvalue weighted by atomic mass is 35.5. The normalized spacial score (nSPS) is 25.5. The Kier molecular flexibility index (Phi) is 6.60. The van der Waals surface area contributed by atoms with Crippen LogP contribution in [0.4, 0.5) is 0 Å². The van der Waals surface area contributed by atoms with Gasteiger partial charge < -0.3 is 4.90 Å². The summed E-state index contributed by atoms with van der Waals surface area (Å²) in [6.07, 6.45) is 7.16. The van der Waals surface area contributed by atoms with E-state index in [0.29, 0.717) is 6.04 Å². The molecule has 0 aromatic rings. The summed E-state index contributed by atoms with van der Waals surface area (Å²) < 4.78 is 1.95. The number of halogens is 1. The van der Waals surface area contributed by atoms with E-state index >= 15 is 0 Å². The Hall–Kier alpha value is 0.170. The van der Waals surface area contributed by atoms with Gasteiger partial charge in [0.25, 0.3) is 0 Å². The zero-order chi connectivity index (χ0) is 14.5. The third-order valence-corrected chi connectivity index (χ3v) is 5.62. The third-order valence-electron chi connectivity index (χ3n) is 5.28. The van der Waals surface area contributed by atoms with E-state index in [1.807, 2.05) is 4.42 Å². The summed E-state index contributed by atoms with van der Waals surface area (Å²) in [4.78, 5) is 5.24. The van der Waals surface area contributed by atoms with Gasteiger partial charge in [-0.25, -0.2) is 4.42 Å². The van der Waals surface area contributed by atoms with Gasteiger partial charge in [-0.05, 0) is 51.4 Å². The number of likely N-dealkylation sites (N-methyl/N-ethyl adjacent to an activating group) is 1. The van der Waals surface area contributed by atoms with Crippen LogP contribution < -0.4 is 0 Å². The Bertz CT molecular complexity index is 271. The number of piperazine rings is 1. The van der Waals surface area contributed by atoms with Crippen LogP contribution in [-0.2, 0) is 0 Å². The average Bonchev–Trinajstić information content (AvgIpc) is 2.46. The SMILES string of the molecule is CC(C)N(C)CC(C1CCCCC1)N1CCN(Cl)CC1. The van der Waals surface area contributed by atoms with Crippen molar-refractivity contribution in [3.8, 4) is 0 Å². The van der Waals surface area contributed by atoms with Gasteiger partial charge in [0.1, 0.15) is 0 Å². The second-order valence-corrected chi connectivity index (χ2v) is 7.42. The monoisotopic (exact) mass is 301 g/mol. The largest absolute Gasteiger partial charge is 0.302 e. The first kappa shape index (κ1) is 16.5. The van der Waals surface area contributed by atoms with Crippen LogP contribution in [0.2, 0.25) is 0 Å². The lowest BCUT2D eigenvalue weighted by Gasteiger charge is -2.44. The van der Waals surface area contributed by atoms with E-state index < -0.39 is 0 Å². The molecule has 0 amide bonds. The molecule has 1 unspecified atom stereocenters. The molecule has 118 valence electrons. The van der Waals surface area contributed by atoms with Crippen molar-refractivity contribution < 1.29 is 0 Å². The van der Waals surface area contributed by atoms with Crippen molar-refractivity contribution in [3.63, 3.8) is 0 Å². The fraction of sp³-hybridized carbons (Fsp3) is 1.00. The van der Waals surface area contributed by atoms with Gasteiger partial charge >= 0.3 is 0 Å². The Labute approximate surface area is 130 Å². The highest BCUT2D eigenvalue weighted by Crippen LogP contribution is 2.30. The van der Waals surface area contributed by atoms with E-state index in [1.54, 1.807) is 0 Å². The van der Waals surface area contributed by atoms with Crippen molar-refractivity contribution in [3.05, 3.63) is 0 Å². The van der Waals surface area contributed by atoms with E-state index in [4.69, 9.17) is 11.8 Å². The highest BCUT2D eigenvalue weighted by Gasteiger charge is 2.31. The molecule has 1 saturated heterocycles. The summed E-state index contributed by atoms with van der Waals surface area (Å²) in [5.41, 5.74) is 0. The smallest absolute Gasteiger partial charge is 0.0267 e. The van der Waals surface area contributed by atoms with Crippen LogP contribution in [0.1, 0.15) is 46.0 Å². The second-order valence-electron chi connectivity index (χ2n) is 6.94. The molecule has 1 atom stereocenters. The molecule has 3 nitrogen and oxygen atoms in total. The van der Waals surface area contributed by atoms with E-state index in [0.717, 1.165) is 38.1 Å². The highest BCUT2D eigenvalue weighted by molar-refractivity contribution is 6.13. The van der Waals surface area contributed by atoms with Crippen LogP contribution in [0.25, 0.3) is 0 Å². The molecule has 2 aliphatic rings. The minimum absolute atomic E-state index is 0.635. The Morgan fingerprint density at radius 3 is 2.20 bits per heavy atom. The number of rotatable bonds is 5. The van der Waals surface area contributed by atoms with Gasteiger partial charge in [-0.3, -0.25) is 4.90 Å². The first-order valence-electron chi connectivity index (χ1n) is 8.43. The molecule has 0 aromatic carbocycles. The standard InChI is InChI=1S/C16H32ClN3/c1-14(2)18(3)13-16(15-7-5-4-6-8-15)19-9-11-20(17)12-10-19/h14-16H,4-13H2,1-3H3. The van der Waals surface area contributed by atoms with Crippen molar-refractivity contribution >= 4 is 11.8 Å². The van der Waals surface area contributed by atoms with Crippen LogP contribution in [0.15, 0.2) is 0 Å². The van der Waals surface area contributed by atoms with Crippen molar-refractivity contribution in [1.29, 1.82) is 0 Å². The van der Waals surface area contributed by atoms with Gasteiger partial charge in [-0.15, -0.1) is 0 Å². The number of hydrogen-bond acceptors (Lipinski definition) is 3. The maximum Gasteiger partial charge on any atom is 0.0267 e. The van der Waals surface area contributed by atoms with Crippen molar-refractivity contribution in [2.45, 2.75) is 58.0 Å². The van der Waals surface area contributed by atoms with Gasteiger partial charge in [0.05, 0.1) is 0 Å². The summed E-state index contributed by atoms with van der Waals surface area (Å²) in [5.74, 6) is 0.895. The Balaban J connectivity index is 1.98. The molecule has 0 N–H and O–H groups in total. The molecule has 1 heterocycles. The molecule has 1 aliphatic carbocycles. The fourth-order valence-corrected chi connectivity index (χ4v) is 3.77. The minimum atomic E-state index is 0.635. The molecule has 4 heteroatoms. The first-order chi connectivity index (χ1) is 9.58. The molecule has 0 bridgehead atoms. The summed E-state index contributed by atoms with van der Waals surface area (Å²) in [7, 11) is 2.28. The lowest BCUT2D eigenvalue weighted by molar-refractivity contribution is 0.0548. The van der Waals surface area contributed by atoms with Crippen molar-refractivity contribution in [2.24, 2.45) is 5.92 Å². The lowest BCUT2D eigenvalue weighted by Crippen LogP contribution is -2.54. The van der Waals surface area contributed by atoms with Gasteiger partial charge in [0, 0.05) is 44.8 Å². The molecular formula is C16H32ClN3. The summed E-state index contributed by atoms with van der Waals surface area (Å²) >= 11 is 6.12. The van der Waals surface area contributed by atoms with Crippen LogP contribution in [0, 0.1) is 5.92 Å². The molecule has 2 fully saturated rings. The molecular weight excluding hydrogens is 270 g/mol. The predicted molar refractivity (Wildman–Crippen MR) is 87.1 cm³/mol. The van der Waals surface area contributed by atoms with Crippen LogP contribution in [0.5, 0.6) is 0 Å². The second kappa shape index (κ2) is 7.98. The maximum atomic E-state index is 6.12. The van der Waals surface area contributed by atoms with Crippen LogP contribution >= 0.6 is 11.8 Å². The number of nitrogens with zero attached hydrogens (tertiary/aromatic N) is 3. The summed E-state index contributed by atoms with van der Waals surface area (Å²) in [6.45, 7) is 10.1. The minimum Gasteiger partial charge on any atom is -0.302 e. The summed E-state index contributed by atoms with van der Waals surface area (Å²) in [6, 6.07) is 1.36. The topological polar surface area (TPSA) is 9.72 Å². The Morgan fingerprint density at radius 2 is 1.65 bits per heavy atom. The average molecular weight is 302 g/mol. The zero-order valence-electron chi connectivity index (χ0n) is 13.5. The molecule has 0 radical (unpaired) electrons. The third kappa shape index (κ3) is 4.59. The van der Waals surface area contributed by atoms with Crippen molar-refractivity contribution in [1.82, 2.24) is 14.2 Å². The van der Waals surface area contributed by atoms with E-state index in [-0.39, 0.29) is 0 Å². The Morgan fingerprint density at radius 1 is 1.05 bits per heavy atom. The molecule has 1 saturated carbocycles. The van der Waals surface area contributed by atoms with Crippen LogP contribution in [-0.4, -0.2) is 66.1 Å².